The van der Waals surface area contributed by atoms with E-state index >= 15 is 0 Å². The Balaban J connectivity index is 2.51. The van der Waals surface area contributed by atoms with Gasteiger partial charge in [0.2, 0.25) is 0 Å². The Morgan fingerprint density at radius 3 is 1.50 bits per heavy atom. The highest BCUT2D eigenvalue weighted by atomic mass is 16.6. The minimum atomic E-state index is -0.472. The molecule has 0 fully saturated rings. The Morgan fingerprint density at radius 1 is 0.750 bits per heavy atom. The third kappa shape index (κ3) is 4.97. The first kappa shape index (κ1) is 20.7. The van der Waals surface area contributed by atoms with E-state index < -0.39 is 11.9 Å². The van der Waals surface area contributed by atoms with Gasteiger partial charge in [-0.1, -0.05) is 12.1 Å². The lowest BCUT2D eigenvalue weighted by atomic mass is 9.97. The van der Waals surface area contributed by atoms with Crippen LogP contribution in [0.5, 0.6) is 23.0 Å². The summed E-state index contributed by atoms with van der Waals surface area (Å²) in [6.07, 6.45) is 2.05. The monoisotopic (exact) mass is 384 g/mol. The Hall–Kier alpha value is -3.61. The maximum atomic E-state index is 11.2. The molecule has 0 aliphatic rings. The van der Waals surface area contributed by atoms with Crippen LogP contribution < -0.4 is 18.9 Å². The number of esters is 2. The molecule has 2 aromatic carbocycles. The van der Waals surface area contributed by atoms with Crippen molar-refractivity contribution < 1.29 is 33.3 Å². The molecule has 0 bridgehead atoms. The summed E-state index contributed by atoms with van der Waals surface area (Å²) in [6, 6.07) is 9.86. The minimum absolute atomic E-state index is 0.270. The molecule has 0 amide bonds. The highest BCUT2D eigenvalue weighted by Crippen LogP contribution is 2.36. The van der Waals surface area contributed by atoms with Crippen LogP contribution in [-0.2, 0) is 14.4 Å². The fourth-order valence-corrected chi connectivity index (χ4v) is 2.58. The highest BCUT2D eigenvalue weighted by molar-refractivity contribution is 5.91. The minimum Gasteiger partial charge on any atom is -0.493 e. The Kier molecular flexibility index (Phi) is 6.92. The number of rotatable bonds is 7. The number of carbonyl (C=O) groups is 3. The summed E-state index contributed by atoms with van der Waals surface area (Å²) >= 11 is 0. The maximum absolute atomic E-state index is 11.2. The number of methoxy groups -OCH3 is 2. The smallest absolute Gasteiger partial charge is 0.308 e. The lowest BCUT2D eigenvalue weighted by Gasteiger charge is -2.14. The van der Waals surface area contributed by atoms with Gasteiger partial charge in [-0.25, -0.2) is 0 Å². The maximum Gasteiger partial charge on any atom is 0.308 e. The van der Waals surface area contributed by atoms with Crippen LogP contribution in [0.3, 0.4) is 0 Å². The van der Waals surface area contributed by atoms with Gasteiger partial charge in [-0.15, -0.1) is 0 Å². The van der Waals surface area contributed by atoms with Crippen LogP contribution in [0.15, 0.2) is 42.5 Å². The molecule has 7 heteroatoms. The number of hydrogen-bond donors (Lipinski definition) is 0. The van der Waals surface area contributed by atoms with Crippen LogP contribution >= 0.6 is 0 Å². The van der Waals surface area contributed by atoms with E-state index in [1.54, 1.807) is 36.4 Å². The van der Waals surface area contributed by atoms with Crippen molar-refractivity contribution in [1.82, 2.24) is 0 Å². The van der Waals surface area contributed by atoms with Crippen molar-refractivity contribution in [2.75, 3.05) is 14.2 Å². The van der Waals surface area contributed by atoms with E-state index in [9.17, 15) is 14.4 Å². The molecular weight excluding hydrogens is 364 g/mol. The van der Waals surface area contributed by atoms with Gasteiger partial charge in [0.05, 0.1) is 14.2 Å². The summed E-state index contributed by atoms with van der Waals surface area (Å²) < 4.78 is 20.8. The zero-order valence-corrected chi connectivity index (χ0v) is 16.0. The van der Waals surface area contributed by atoms with Crippen molar-refractivity contribution in [3.05, 3.63) is 53.6 Å². The van der Waals surface area contributed by atoms with Gasteiger partial charge in [-0.3, -0.25) is 14.4 Å². The molecule has 0 atom stereocenters. The number of hydrogen-bond acceptors (Lipinski definition) is 7. The van der Waals surface area contributed by atoms with E-state index in [0.29, 0.717) is 34.5 Å². The van der Waals surface area contributed by atoms with E-state index in [2.05, 4.69) is 0 Å². The molecule has 0 N–H and O–H groups in total. The topological polar surface area (TPSA) is 88.1 Å². The molecule has 2 rings (SSSR count). The Labute approximate surface area is 162 Å². The lowest BCUT2D eigenvalue weighted by molar-refractivity contribution is -0.132. The summed E-state index contributed by atoms with van der Waals surface area (Å²) in [4.78, 5) is 33.7. The van der Waals surface area contributed by atoms with Crippen LogP contribution in [0.25, 0.3) is 5.57 Å². The van der Waals surface area contributed by atoms with Gasteiger partial charge < -0.3 is 18.9 Å². The molecular formula is C21H20O7. The molecule has 0 spiro atoms. The first-order valence-electron chi connectivity index (χ1n) is 8.28. The lowest BCUT2D eigenvalue weighted by Crippen LogP contribution is -2.04. The largest absolute Gasteiger partial charge is 0.493 e. The number of carbonyl (C=O) groups excluding carboxylic acids is 3. The van der Waals surface area contributed by atoms with E-state index in [1.807, 2.05) is 0 Å². The third-order valence-electron chi connectivity index (χ3n) is 3.69. The Morgan fingerprint density at radius 2 is 1.18 bits per heavy atom. The van der Waals surface area contributed by atoms with Gasteiger partial charge in [0.1, 0.15) is 6.29 Å². The number of aldehydes is 1. The molecule has 0 aliphatic heterocycles. The first-order chi connectivity index (χ1) is 13.4. The number of ether oxygens (including phenoxy) is 4. The fourth-order valence-electron chi connectivity index (χ4n) is 2.58. The summed E-state index contributed by atoms with van der Waals surface area (Å²) in [5.74, 6) is 0.279. The molecule has 0 saturated heterocycles. The van der Waals surface area contributed by atoms with Gasteiger partial charge >= 0.3 is 11.9 Å². The first-order valence-corrected chi connectivity index (χ1v) is 8.28. The van der Waals surface area contributed by atoms with E-state index in [-0.39, 0.29) is 11.5 Å². The van der Waals surface area contributed by atoms with Crippen molar-refractivity contribution in [2.24, 2.45) is 0 Å². The van der Waals surface area contributed by atoms with Crippen LogP contribution in [0.1, 0.15) is 25.0 Å². The van der Waals surface area contributed by atoms with Crippen molar-refractivity contribution in [2.45, 2.75) is 13.8 Å². The van der Waals surface area contributed by atoms with Crippen molar-refractivity contribution in [1.29, 1.82) is 0 Å². The number of allylic oxidation sites excluding steroid dienone is 1. The van der Waals surface area contributed by atoms with Crippen LogP contribution in [-0.4, -0.2) is 32.4 Å². The van der Waals surface area contributed by atoms with Gasteiger partial charge in [0.25, 0.3) is 0 Å². The standard InChI is InChI=1S/C21H20O7/c1-13(23)27-18-7-5-15(11-20(18)25-3)17(9-10-22)16-6-8-19(28-14(2)24)21(12-16)26-4/h5-12H,1-4H3. The molecule has 0 radical (unpaired) electrons. The van der Waals surface area contributed by atoms with Crippen LogP contribution in [0, 0.1) is 0 Å². The molecule has 28 heavy (non-hydrogen) atoms. The van der Waals surface area contributed by atoms with E-state index in [4.69, 9.17) is 18.9 Å². The molecule has 146 valence electrons. The summed E-state index contributed by atoms with van der Waals surface area (Å²) in [6.45, 7) is 2.59. The van der Waals surface area contributed by atoms with Gasteiger partial charge in [0.15, 0.2) is 23.0 Å². The second-order valence-corrected chi connectivity index (χ2v) is 5.63. The summed E-state index contributed by atoms with van der Waals surface area (Å²) in [5, 5.41) is 0. The molecule has 0 aliphatic carbocycles. The molecule has 0 heterocycles. The van der Waals surface area contributed by atoms with Crippen molar-refractivity contribution in [3.63, 3.8) is 0 Å². The second-order valence-electron chi connectivity index (χ2n) is 5.63. The molecule has 0 saturated carbocycles. The zero-order valence-electron chi connectivity index (χ0n) is 16.0. The van der Waals surface area contributed by atoms with E-state index in [1.165, 1.54) is 34.1 Å². The van der Waals surface area contributed by atoms with Gasteiger partial charge in [-0.05, 0) is 47.0 Å². The van der Waals surface area contributed by atoms with Crippen LogP contribution in [0.4, 0.5) is 0 Å². The average Bonchev–Trinajstić information content (AvgIpc) is 2.66. The number of benzene rings is 2. The van der Waals surface area contributed by atoms with Gasteiger partial charge in [-0.2, -0.15) is 0 Å². The normalized spacial score (nSPS) is 9.86. The molecule has 2 aromatic rings. The second kappa shape index (κ2) is 9.36. The molecule has 7 nitrogen and oxygen atoms in total. The summed E-state index contributed by atoms with van der Waals surface area (Å²) in [5.41, 5.74) is 1.89. The summed E-state index contributed by atoms with van der Waals surface area (Å²) in [7, 11) is 2.90. The van der Waals surface area contributed by atoms with Gasteiger partial charge in [0, 0.05) is 13.8 Å². The van der Waals surface area contributed by atoms with E-state index in [0.717, 1.165) is 0 Å². The predicted octanol–water partition coefficient (Wildman–Crippen LogP) is 3.19. The van der Waals surface area contributed by atoms with Crippen LogP contribution in [0.2, 0.25) is 0 Å². The zero-order chi connectivity index (χ0) is 20.7. The molecule has 0 unspecified atom stereocenters. The predicted molar refractivity (Wildman–Crippen MR) is 102 cm³/mol. The Bertz CT molecular complexity index is 859. The quantitative estimate of drug-likeness (QED) is 0.313. The third-order valence-corrected chi connectivity index (χ3v) is 3.69. The highest BCUT2D eigenvalue weighted by Gasteiger charge is 2.15. The molecule has 0 aromatic heterocycles. The SMILES string of the molecule is COc1cc(C(=CC=O)c2ccc(OC(C)=O)c(OC)c2)ccc1OC(C)=O. The fraction of sp³-hybridized carbons (Fsp3) is 0.190. The average molecular weight is 384 g/mol. The van der Waals surface area contributed by atoms with Crippen molar-refractivity contribution >= 4 is 23.8 Å². The van der Waals surface area contributed by atoms with Crippen molar-refractivity contribution in [3.8, 4) is 23.0 Å².